The fourth-order valence-corrected chi connectivity index (χ4v) is 4.78. The first-order valence-electron chi connectivity index (χ1n) is 7.85. The van der Waals surface area contributed by atoms with Gasteiger partial charge in [-0.2, -0.15) is 0 Å². The number of hydrogen-bond donors (Lipinski definition) is 2. The highest BCUT2D eigenvalue weighted by molar-refractivity contribution is 7.92. The summed E-state index contributed by atoms with van der Waals surface area (Å²) in [6.45, 7) is 3.37. The van der Waals surface area contributed by atoms with Crippen molar-refractivity contribution < 1.29 is 13.2 Å². The number of H-pyrrole nitrogens is 1. The second kappa shape index (κ2) is 5.73. The Balaban J connectivity index is 1.88. The third-order valence-electron chi connectivity index (χ3n) is 4.65. The molecule has 3 rings (SSSR count). The number of carbonyl (C=O) groups is 1. The lowest BCUT2D eigenvalue weighted by Crippen LogP contribution is -2.49. The summed E-state index contributed by atoms with van der Waals surface area (Å²) < 4.78 is 23.3. The van der Waals surface area contributed by atoms with Crippen LogP contribution in [0.1, 0.15) is 37.0 Å². The van der Waals surface area contributed by atoms with Crippen LogP contribution in [0.2, 0.25) is 0 Å². The molecule has 7 heteroatoms. The molecular weight excluding hydrogens is 328 g/mol. The summed E-state index contributed by atoms with van der Waals surface area (Å²) in [5.41, 5.74) is 0.563. The summed E-state index contributed by atoms with van der Waals surface area (Å²) >= 11 is 0. The number of fused-ring (bicyclic) bond motifs is 1. The van der Waals surface area contributed by atoms with Crippen LogP contribution in [0.4, 0.5) is 0 Å². The number of benzene rings is 1. The molecule has 1 aliphatic heterocycles. The molecule has 1 fully saturated rings. The van der Waals surface area contributed by atoms with Gasteiger partial charge in [0.05, 0.1) is 16.1 Å². The molecular formula is C17H20N2O4S. The summed E-state index contributed by atoms with van der Waals surface area (Å²) in [5.74, 6) is -0.293. The average Bonchev–Trinajstić information content (AvgIpc) is 2.50. The molecule has 128 valence electrons. The topological polar surface area (TPSA) is 96.1 Å². The third kappa shape index (κ3) is 2.96. The fraction of sp³-hybridized carbons (Fsp3) is 0.412. The second-order valence-electron chi connectivity index (χ2n) is 6.83. The third-order valence-corrected chi connectivity index (χ3v) is 7.27. The van der Waals surface area contributed by atoms with Gasteiger partial charge < -0.3 is 10.3 Å². The van der Waals surface area contributed by atoms with Crippen molar-refractivity contribution >= 4 is 26.6 Å². The molecule has 2 N–H and O–H groups in total. The van der Waals surface area contributed by atoms with E-state index in [4.69, 9.17) is 0 Å². The molecule has 0 spiro atoms. The smallest absolute Gasteiger partial charge is 0.252 e. The lowest BCUT2D eigenvalue weighted by Gasteiger charge is -2.35. The van der Waals surface area contributed by atoms with Crippen molar-refractivity contribution in [1.82, 2.24) is 10.3 Å². The quantitative estimate of drug-likeness (QED) is 0.862. The Bertz CT molecular complexity index is 960. The Labute approximate surface area is 140 Å². The van der Waals surface area contributed by atoms with Crippen LogP contribution < -0.4 is 10.9 Å². The standard InChI is InChI=1S/C17H20N2O4S/c1-17(2)10-11(7-8-24(17,22)23)18-16(21)13-9-15(20)19-14-6-4-3-5-12(13)14/h3-6,9,11H,7-8,10H2,1-2H3,(H,18,21)(H,19,20). The van der Waals surface area contributed by atoms with Gasteiger partial charge in [-0.15, -0.1) is 0 Å². The Hall–Kier alpha value is -2.15. The van der Waals surface area contributed by atoms with E-state index in [0.29, 0.717) is 29.3 Å². The van der Waals surface area contributed by atoms with Crippen molar-refractivity contribution in [2.75, 3.05) is 5.75 Å². The number of carbonyl (C=O) groups excluding carboxylic acids is 1. The van der Waals surface area contributed by atoms with Gasteiger partial charge in [-0.1, -0.05) is 18.2 Å². The van der Waals surface area contributed by atoms with E-state index in [-0.39, 0.29) is 23.3 Å². The number of para-hydroxylation sites is 1. The molecule has 24 heavy (non-hydrogen) atoms. The number of nitrogens with one attached hydrogen (secondary N) is 2. The van der Waals surface area contributed by atoms with Crippen LogP contribution in [0.3, 0.4) is 0 Å². The number of sulfone groups is 1. The summed E-state index contributed by atoms with van der Waals surface area (Å²) in [7, 11) is -3.14. The van der Waals surface area contributed by atoms with Crippen molar-refractivity contribution in [2.45, 2.75) is 37.5 Å². The molecule has 0 bridgehead atoms. The van der Waals surface area contributed by atoms with Crippen molar-refractivity contribution in [3.05, 3.63) is 46.2 Å². The first kappa shape index (κ1) is 16.7. The van der Waals surface area contributed by atoms with Crippen LogP contribution in [-0.4, -0.2) is 35.9 Å². The molecule has 0 radical (unpaired) electrons. The van der Waals surface area contributed by atoms with Crippen molar-refractivity contribution in [3.8, 4) is 0 Å². The minimum Gasteiger partial charge on any atom is -0.349 e. The number of aromatic nitrogens is 1. The zero-order valence-electron chi connectivity index (χ0n) is 13.6. The van der Waals surface area contributed by atoms with E-state index >= 15 is 0 Å². The highest BCUT2D eigenvalue weighted by Crippen LogP contribution is 2.30. The van der Waals surface area contributed by atoms with Crippen LogP contribution in [0, 0.1) is 0 Å². The van der Waals surface area contributed by atoms with Crippen LogP contribution in [0.15, 0.2) is 35.1 Å². The molecule has 0 aliphatic carbocycles. The number of amides is 1. The van der Waals surface area contributed by atoms with Crippen molar-refractivity contribution in [1.29, 1.82) is 0 Å². The largest absolute Gasteiger partial charge is 0.349 e. The summed E-state index contributed by atoms with van der Waals surface area (Å²) in [6, 6.07) is 8.15. The molecule has 2 aromatic rings. The van der Waals surface area contributed by atoms with E-state index in [1.807, 2.05) is 0 Å². The number of rotatable bonds is 2. The number of pyridine rings is 1. The van der Waals surface area contributed by atoms with Gasteiger partial charge in [-0.3, -0.25) is 9.59 Å². The van der Waals surface area contributed by atoms with Gasteiger partial charge in [0.1, 0.15) is 0 Å². The fourth-order valence-electron chi connectivity index (χ4n) is 3.17. The average molecular weight is 348 g/mol. The van der Waals surface area contributed by atoms with Crippen LogP contribution in [0.5, 0.6) is 0 Å². The normalized spacial score (nSPS) is 22.2. The summed E-state index contributed by atoms with van der Waals surface area (Å²) in [4.78, 5) is 27.1. The van der Waals surface area contributed by atoms with E-state index < -0.39 is 14.6 Å². The van der Waals surface area contributed by atoms with Gasteiger partial charge in [0.15, 0.2) is 9.84 Å². The molecule has 1 atom stereocenters. The minimum atomic E-state index is -3.14. The van der Waals surface area contributed by atoms with Crippen molar-refractivity contribution in [2.24, 2.45) is 0 Å². The van der Waals surface area contributed by atoms with Gasteiger partial charge in [-0.25, -0.2) is 8.42 Å². The van der Waals surface area contributed by atoms with Crippen LogP contribution in [-0.2, 0) is 9.84 Å². The summed E-state index contributed by atoms with van der Waals surface area (Å²) in [6.07, 6.45) is 0.751. The van der Waals surface area contributed by atoms with Gasteiger partial charge >= 0.3 is 0 Å². The Morgan fingerprint density at radius 2 is 2.00 bits per heavy atom. The van der Waals surface area contributed by atoms with E-state index in [1.165, 1.54) is 6.07 Å². The Morgan fingerprint density at radius 3 is 2.71 bits per heavy atom. The Kier molecular flexibility index (Phi) is 3.99. The van der Waals surface area contributed by atoms with Crippen LogP contribution >= 0.6 is 0 Å². The van der Waals surface area contributed by atoms with Gasteiger partial charge in [0.2, 0.25) is 5.56 Å². The highest BCUT2D eigenvalue weighted by atomic mass is 32.2. The first-order valence-corrected chi connectivity index (χ1v) is 9.50. The minimum absolute atomic E-state index is 0.0566. The molecule has 1 unspecified atom stereocenters. The second-order valence-corrected chi connectivity index (χ2v) is 9.58. The molecule has 2 heterocycles. The van der Waals surface area contributed by atoms with Crippen LogP contribution in [0.25, 0.3) is 10.9 Å². The number of hydrogen-bond acceptors (Lipinski definition) is 4. The maximum Gasteiger partial charge on any atom is 0.252 e. The zero-order chi connectivity index (χ0) is 17.5. The molecule has 1 aliphatic rings. The predicted molar refractivity (Wildman–Crippen MR) is 92.9 cm³/mol. The van der Waals surface area contributed by atoms with E-state index in [1.54, 1.807) is 38.1 Å². The van der Waals surface area contributed by atoms with Gasteiger partial charge in [0.25, 0.3) is 5.91 Å². The zero-order valence-corrected chi connectivity index (χ0v) is 14.4. The highest BCUT2D eigenvalue weighted by Gasteiger charge is 2.41. The molecule has 1 amide bonds. The SMILES string of the molecule is CC1(C)CC(NC(=O)c2cc(=O)[nH]c3ccccc23)CCS1(=O)=O. The summed E-state index contributed by atoms with van der Waals surface area (Å²) in [5, 5.41) is 3.56. The maximum atomic E-state index is 12.6. The van der Waals surface area contributed by atoms with Gasteiger partial charge in [-0.05, 0) is 32.8 Å². The monoisotopic (exact) mass is 348 g/mol. The number of aromatic amines is 1. The first-order chi connectivity index (χ1) is 11.2. The Morgan fingerprint density at radius 1 is 1.29 bits per heavy atom. The lowest BCUT2D eigenvalue weighted by molar-refractivity contribution is 0.0932. The van der Waals surface area contributed by atoms with E-state index in [9.17, 15) is 18.0 Å². The molecule has 1 saturated heterocycles. The molecule has 0 saturated carbocycles. The van der Waals surface area contributed by atoms with Gasteiger partial charge in [0, 0.05) is 23.0 Å². The lowest BCUT2D eigenvalue weighted by atomic mass is 9.99. The van der Waals surface area contributed by atoms with E-state index in [0.717, 1.165) is 0 Å². The molecule has 1 aromatic carbocycles. The maximum absolute atomic E-state index is 12.6. The molecule has 1 aromatic heterocycles. The van der Waals surface area contributed by atoms with E-state index in [2.05, 4.69) is 10.3 Å². The van der Waals surface area contributed by atoms with Crippen molar-refractivity contribution in [3.63, 3.8) is 0 Å². The predicted octanol–water partition coefficient (Wildman–Crippen LogP) is 1.61. The molecule has 6 nitrogen and oxygen atoms in total.